The number of aryl methyl sites for hydroxylation is 2. The van der Waals surface area contributed by atoms with E-state index in [0.717, 1.165) is 29.8 Å². The molecule has 0 bridgehead atoms. The van der Waals surface area contributed by atoms with Crippen molar-refractivity contribution < 1.29 is 18.3 Å². The smallest absolute Gasteiger partial charge is 0.240 e. The van der Waals surface area contributed by atoms with Crippen LogP contribution in [0.5, 0.6) is 5.75 Å². The molecule has 0 aromatic heterocycles. The zero-order valence-electron chi connectivity index (χ0n) is 16.1. The van der Waals surface area contributed by atoms with E-state index in [2.05, 4.69) is 9.62 Å². The van der Waals surface area contributed by atoms with Crippen molar-refractivity contribution in [2.75, 3.05) is 32.1 Å². The van der Waals surface area contributed by atoms with Crippen LogP contribution >= 0.6 is 0 Å². The van der Waals surface area contributed by atoms with Crippen molar-refractivity contribution in [3.8, 4) is 5.75 Å². The van der Waals surface area contributed by atoms with Gasteiger partial charge in [-0.1, -0.05) is 12.1 Å². The van der Waals surface area contributed by atoms with E-state index in [-0.39, 0.29) is 11.4 Å². The molecular weight excluding hydrogens is 364 g/mol. The van der Waals surface area contributed by atoms with E-state index in [1.807, 2.05) is 25.2 Å². The van der Waals surface area contributed by atoms with Gasteiger partial charge in [0.1, 0.15) is 5.75 Å². The number of anilines is 1. The Bertz CT molecular complexity index is 933. The van der Waals surface area contributed by atoms with Gasteiger partial charge in [0.05, 0.1) is 18.1 Å². The van der Waals surface area contributed by atoms with Crippen LogP contribution in [0.1, 0.15) is 28.4 Å². The third-order valence-corrected chi connectivity index (χ3v) is 6.43. The molecule has 27 heavy (non-hydrogen) atoms. The van der Waals surface area contributed by atoms with Gasteiger partial charge in [-0.15, -0.1) is 0 Å². The second kappa shape index (κ2) is 7.50. The summed E-state index contributed by atoms with van der Waals surface area (Å²) in [5.74, 6) is 0.678. The number of aliphatic hydroxyl groups is 1. The number of likely N-dealkylation sites (N-methyl/N-ethyl adjacent to an activating group) is 1. The van der Waals surface area contributed by atoms with Gasteiger partial charge in [-0.05, 0) is 60.7 Å². The van der Waals surface area contributed by atoms with Crippen LogP contribution in [-0.2, 0) is 16.4 Å². The molecule has 1 heterocycles. The summed E-state index contributed by atoms with van der Waals surface area (Å²) in [5, 5.41) is 10.5. The maximum absolute atomic E-state index is 12.6. The molecule has 0 saturated carbocycles. The molecule has 146 valence electrons. The van der Waals surface area contributed by atoms with E-state index in [4.69, 9.17) is 4.74 Å². The molecule has 0 spiro atoms. The minimum atomic E-state index is -3.73. The molecule has 7 heteroatoms. The quantitative estimate of drug-likeness (QED) is 0.791. The van der Waals surface area contributed by atoms with Gasteiger partial charge in [0.25, 0.3) is 0 Å². The highest BCUT2D eigenvalue weighted by atomic mass is 32.2. The zero-order valence-corrected chi connectivity index (χ0v) is 16.9. The summed E-state index contributed by atoms with van der Waals surface area (Å²) in [6.45, 7) is 4.49. The van der Waals surface area contributed by atoms with Crippen molar-refractivity contribution in [3.63, 3.8) is 0 Å². The monoisotopic (exact) mass is 390 g/mol. The summed E-state index contributed by atoms with van der Waals surface area (Å²) in [6.07, 6.45) is 0.0270. The van der Waals surface area contributed by atoms with Crippen molar-refractivity contribution in [3.05, 3.63) is 52.6 Å². The molecule has 1 aliphatic heterocycles. The Morgan fingerprint density at radius 2 is 1.89 bits per heavy atom. The first-order valence-corrected chi connectivity index (χ1v) is 10.4. The maximum atomic E-state index is 12.6. The Hall–Kier alpha value is -2.09. The Balaban J connectivity index is 1.74. The second-order valence-electron chi connectivity index (χ2n) is 7.02. The summed E-state index contributed by atoms with van der Waals surface area (Å²) >= 11 is 0. The van der Waals surface area contributed by atoms with Crippen LogP contribution in [0.25, 0.3) is 0 Å². The van der Waals surface area contributed by atoms with E-state index in [1.165, 1.54) is 5.56 Å². The van der Waals surface area contributed by atoms with Crippen LogP contribution in [0.4, 0.5) is 5.69 Å². The number of fused-ring (bicyclic) bond motifs is 1. The van der Waals surface area contributed by atoms with E-state index in [9.17, 15) is 13.5 Å². The number of hydrogen-bond donors (Lipinski definition) is 2. The van der Waals surface area contributed by atoms with E-state index < -0.39 is 16.1 Å². The molecule has 6 nitrogen and oxygen atoms in total. The van der Waals surface area contributed by atoms with Crippen LogP contribution < -0.4 is 14.4 Å². The SMILES string of the molecule is COc1c(C)cc(S(=O)(=O)NCC(O)c2ccc3c(c2)CCN3C)cc1C. The predicted molar refractivity (Wildman–Crippen MR) is 106 cm³/mol. The van der Waals surface area contributed by atoms with Gasteiger partial charge in [-0.25, -0.2) is 13.1 Å². The van der Waals surface area contributed by atoms with Crippen LogP contribution in [0.3, 0.4) is 0 Å². The topological polar surface area (TPSA) is 78.9 Å². The maximum Gasteiger partial charge on any atom is 0.240 e. The summed E-state index contributed by atoms with van der Waals surface area (Å²) in [6, 6.07) is 8.93. The largest absolute Gasteiger partial charge is 0.496 e. The number of hydrogen-bond acceptors (Lipinski definition) is 5. The predicted octanol–water partition coefficient (Wildman–Crippen LogP) is 2.32. The normalized spacial score (nSPS) is 14.9. The lowest BCUT2D eigenvalue weighted by Crippen LogP contribution is -2.28. The first kappa shape index (κ1) is 19.7. The molecule has 1 unspecified atom stereocenters. The van der Waals surface area contributed by atoms with Crippen molar-refractivity contribution in [1.82, 2.24) is 4.72 Å². The van der Waals surface area contributed by atoms with Crippen LogP contribution in [-0.4, -0.2) is 40.8 Å². The lowest BCUT2D eigenvalue weighted by Gasteiger charge is -2.16. The molecule has 2 aromatic rings. The number of ether oxygens (including phenoxy) is 1. The molecule has 0 saturated heterocycles. The van der Waals surface area contributed by atoms with Crippen molar-refractivity contribution in [2.24, 2.45) is 0 Å². The molecular formula is C20H26N2O4S. The van der Waals surface area contributed by atoms with Crippen molar-refractivity contribution in [1.29, 1.82) is 0 Å². The Morgan fingerprint density at radius 1 is 1.22 bits per heavy atom. The fourth-order valence-electron chi connectivity index (χ4n) is 3.57. The lowest BCUT2D eigenvalue weighted by atomic mass is 10.0. The Labute approximate surface area is 160 Å². The lowest BCUT2D eigenvalue weighted by molar-refractivity contribution is 0.182. The van der Waals surface area contributed by atoms with Gasteiger partial charge in [0.15, 0.2) is 0 Å². The third kappa shape index (κ3) is 3.95. The van der Waals surface area contributed by atoms with Gasteiger partial charge < -0.3 is 14.7 Å². The molecule has 2 aromatic carbocycles. The first-order valence-electron chi connectivity index (χ1n) is 8.90. The highest BCUT2D eigenvalue weighted by Crippen LogP contribution is 2.30. The molecule has 1 atom stereocenters. The molecule has 2 N–H and O–H groups in total. The highest BCUT2D eigenvalue weighted by Gasteiger charge is 2.21. The summed E-state index contributed by atoms with van der Waals surface area (Å²) < 4.78 is 33.1. The zero-order chi connectivity index (χ0) is 19.8. The molecule has 0 aliphatic carbocycles. The summed E-state index contributed by atoms with van der Waals surface area (Å²) in [5.41, 5.74) is 4.56. The van der Waals surface area contributed by atoms with Crippen LogP contribution in [0, 0.1) is 13.8 Å². The van der Waals surface area contributed by atoms with Gasteiger partial charge >= 0.3 is 0 Å². The average Bonchev–Trinajstić information content (AvgIpc) is 3.00. The highest BCUT2D eigenvalue weighted by molar-refractivity contribution is 7.89. The number of nitrogens with zero attached hydrogens (tertiary/aromatic N) is 1. The van der Waals surface area contributed by atoms with E-state index in [1.54, 1.807) is 33.1 Å². The van der Waals surface area contributed by atoms with Gasteiger partial charge in [-0.2, -0.15) is 0 Å². The number of aliphatic hydroxyl groups excluding tert-OH is 1. The summed E-state index contributed by atoms with van der Waals surface area (Å²) in [4.78, 5) is 2.34. The molecule has 3 rings (SSSR count). The standard InChI is InChI=1S/C20H26N2O4S/c1-13-9-17(10-14(2)20(13)26-4)27(24,25)21-12-19(23)16-5-6-18-15(11-16)7-8-22(18)3/h5-6,9-11,19,21,23H,7-8,12H2,1-4H3. The number of methoxy groups -OCH3 is 1. The van der Waals surface area contributed by atoms with E-state index >= 15 is 0 Å². The summed E-state index contributed by atoms with van der Waals surface area (Å²) in [7, 11) is -0.129. The molecule has 1 aliphatic rings. The fourth-order valence-corrected chi connectivity index (χ4v) is 4.78. The minimum Gasteiger partial charge on any atom is -0.496 e. The third-order valence-electron chi connectivity index (χ3n) is 5.03. The Kier molecular flexibility index (Phi) is 5.46. The minimum absolute atomic E-state index is 0.0823. The number of sulfonamides is 1. The van der Waals surface area contributed by atoms with E-state index in [0.29, 0.717) is 11.3 Å². The number of nitrogens with one attached hydrogen (secondary N) is 1. The van der Waals surface area contributed by atoms with Gasteiger partial charge in [-0.3, -0.25) is 0 Å². The van der Waals surface area contributed by atoms with Crippen molar-refractivity contribution in [2.45, 2.75) is 31.3 Å². The van der Waals surface area contributed by atoms with Crippen LogP contribution in [0.2, 0.25) is 0 Å². The fraction of sp³-hybridized carbons (Fsp3) is 0.400. The average molecular weight is 391 g/mol. The Morgan fingerprint density at radius 3 is 2.52 bits per heavy atom. The molecule has 0 fully saturated rings. The van der Waals surface area contributed by atoms with Crippen molar-refractivity contribution >= 4 is 15.7 Å². The van der Waals surface area contributed by atoms with Crippen LogP contribution in [0.15, 0.2) is 35.2 Å². The number of benzene rings is 2. The van der Waals surface area contributed by atoms with Gasteiger partial charge in [0.2, 0.25) is 10.0 Å². The molecule has 0 amide bonds. The number of rotatable bonds is 6. The first-order chi connectivity index (χ1) is 12.7. The second-order valence-corrected chi connectivity index (χ2v) is 8.78. The van der Waals surface area contributed by atoms with Gasteiger partial charge in [0, 0.05) is 25.8 Å². The molecule has 0 radical (unpaired) electrons.